The molecule has 0 bridgehead atoms. The zero-order valence-corrected chi connectivity index (χ0v) is 4.23. The van der Waals surface area contributed by atoms with Crippen LogP contribution in [0.25, 0.3) is 0 Å². The van der Waals surface area contributed by atoms with Crippen LogP contribution in [0.5, 0.6) is 0 Å². The van der Waals surface area contributed by atoms with Gasteiger partial charge in [-0.05, 0) is 0 Å². The van der Waals surface area contributed by atoms with Gasteiger partial charge < -0.3 is 0 Å². The van der Waals surface area contributed by atoms with Crippen molar-refractivity contribution in [1.82, 2.24) is 0 Å². The molecule has 3 heteroatoms. The molecule has 0 saturated heterocycles. The number of carbonyl (C=O) groups is 1. The van der Waals surface area contributed by atoms with Gasteiger partial charge in [-0.25, -0.2) is 0 Å². The van der Waals surface area contributed by atoms with Crippen molar-refractivity contribution in [3.63, 3.8) is 0 Å². The molecule has 0 radical (unpaired) electrons. The van der Waals surface area contributed by atoms with Crippen molar-refractivity contribution in [3.8, 4) is 0 Å². The fourth-order valence-electron chi connectivity index (χ4n) is 0. The Hall–Kier alpha value is 0.132. The van der Waals surface area contributed by atoms with Gasteiger partial charge in [0.25, 0.3) is 0 Å². The van der Waals surface area contributed by atoms with E-state index in [0.29, 0.717) is 0 Å². The van der Waals surface area contributed by atoms with Crippen LogP contribution < -0.4 is 0 Å². The van der Waals surface area contributed by atoms with E-state index in [9.17, 15) is 4.79 Å². The van der Waals surface area contributed by atoms with Gasteiger partial charge in [-0.15, -0.1) is 0 Å². The van der Waals surface area contributed by atoms with Crippen LogP contribution >= 0.6 is 0 Å². The van der Waals surface area contributed by atoms with Crippen molar-refractivity contribution < 1.29 is 27.9 Å². The SMILES string of the molecule is [CH3][Pd][C](=O)O. The predicted molar refractivity (Wildman–Crippen MR) is 13.9 cm³/mol. The van der Waals surface area contributed by atoms with Gasteiger partial charge >= 0.3 is 37.7 Å². The summed E-state index contributed by atoms with van der Waals surface area (Å²) in [7, 11) is 0. The van der Waals surface area contributed by atoms with E-state index in [1.54, 1.807) is 5.40 Å². The number of hydrogen-bond acceptors (Lipinski definition) is 1. The van der Waals surface area contributed by atoms with Crippen molar-refractivity contribution in [2.75, 3.05) is 0 Å². The van der Waals surface area contributed by atoms with Crippen LogP contribution in [0, 0.1) is 0 Å². The van der Waals surface area contributed by atoms with Gasteiger partial charge in [-0.1, -0.05) is 0 Å². The molecule has 2 nitrogen and oxygen atoms in total. The summed E-state index contributed by atoms with van der Waals surface area (Å²) in [6, 6.07) is 0. The Morgan fingerprint density at radius 3 is 2.20 bits per heavy atom. The van der Waals surface area contributed by atoms with Crippen molar-refractivity contribution in [3.05, 3.63) is 0 Å². The molecule has 34 valence electrons. The Bertz CT molecular complexity index is 42.9. The summed E-state index contributed by atoms with van der Waals surface area (Å²) in [5, 5.41) is 9.39. The van der Waals surface area contributed by atoms with Crippen LogP contribution in [0.3, 0.4) is 0 Å². The molecular weight excluding hydrogens is 162 g/mol. The molecule has 5 heavy (non-hydrogen) atoms. The van der Waals surface area contributed by atoms with Crippen LogP contribution in [0.4, 0.5) is 4.79 Å². The normalized spacial score (nSPS) is 8.20. The fraction of sp³-hybridized carbons (Fsp3) is 0.500. The summed E-state index contributed by atoms with van der Waals surface area (Å²) in [6.07, 6.45) is 0. The third-order valence-electron chi connectivity index (χ3n) is 0.135. The van der Waals surface area contributed by atoms with E-state index >= 15 is 0 Å². The number of hydrogen-bond donors (Lipinski definition) is 1. The first-order chi connectivity index (χ1) is 2.27. The molecule has 0 aliphatic heterocycles. The summed E-state index contributed by atoms with van der Waals surface area (Å²) < 4.78 is -0.695. The minimum atomic E-state index is -0.695. The minimum absolute atomic E-state index is 0.122. The standard InChI is InChI=1S/CHO2.CH3.Pd/c2-1-3;;/h(H,2,3);1H3;. The molecule has 0 aromatic carbocycles. The van der Waals surface area contributed by atoms with Gasteiger partial charge in [0, 0.05) is 0 Å². The first-order valence-corrected chi connectivity index (χ1v) is 3.23. The van der Waals surface area contributed by atoms with Crippen LogP contribution in [0.1, 0.15) is 0 Å². The molecule has 0 aliphatic rings. The second-order valence-electron chi connectivity index (χ2n) is 0.385. The monoisotopic (exact) mass is 166 g/mol. The third kappa shape index (κ3) is 4.13. The summed E-state index contributed by atoms with van der Waals surface area (Å²) in [6.45, 7) is 0. The zero-order valence-electron chi connectivity index (χ0n) is 2.67. The molecule has 0 spiro atoms. The van der Waals surface area contributed by atoms with Crippen molar-refractivity contribution in [2.45, 2.75) is 5.40 Å². The second-order valence-corrected chi connectivity index (χ2v) is 1.83. The van der Waals surface area contributed by atoms with E-state index in [2.05, 4.69) is 0 Å². The van der Waals surface area contributed by atoms with Gasteiger partial charge in [-0.2, -0.15) is 0 Å². The van der Waals surface area contributed by atoms with E-state index < -0.39 is 4.44 Å². The van der Waals surface area contributed by atoms with E-state index in [0.717, 1.165) is 0 Å². The summed E-state index contributed by atoms with van der Waals surface area (Å²) in [4.78, 5) is 9.39. The number of carboxylic acid groups (broad SMARTS) is 1. The van der Waals surface area contributed by atoms with Gasteiger partial charge in [0.15, 0.2) is 0 Å². The zero-order chi connectivity index (χ0) is 4.28. The van der Waals surface area contributed by atoms with Crippen molar-refractivity contribution in [2.24, 2.45) is 0 Å². The molecule has 0 fully saturated rings. The van der Waals surface area contributed by atoms with Crippen LogP contribution in [-0.2, 0) is 18.0 Å². The molecule has 0 aliphatic carbocycles. The first-order valence-electron chi connectivity index (χ1n) is 0.902. The maximum absolute atomic E-state index is 9.39. The maximum atomic E-state index is 9.39. The van der Waals surface area contributed by atoms with Gasteiger partial charge in [0.1, 0.15) is 0 Å². The topological polar surface area (TPSA) is 37.3 Å². The van der Waals surface area contributed by atoms with E-state index in [1.165, 1.54) is 0 Å². The molecule has 0 rings (SSSR count). The first kappa shape index (κ1) is 5.13. The molecule has 0 amide bonds. The Labute approximate surface area is 38.3 Å². The molecule has 0 saturated carbocycles. The van der Waals surface area contributed by atoms with Crippen LogP contribution in [0.15, 0.2) is 0 Å². The molecule has 0 aromatic heterocycles. The molecule has 0 unspecified atom stereocenters. The molecular formula is C2H4O2Pd. The van der Waals surface area contributed by atoms with E-state index in [1.807, 2.05) is 0 Å². The predicted octanol–water partition coefficient (Wildman–Crippen LogP) is 0.795. The second kappa shape index (κ2) is 2.37. The third-order valence-corrected chi connectivity index (χ3v) is 0.800. The van der Waals surface area contributed by atoms with E-state index in [4.69, 9.17) is 5.11 Å². The Morgan fingerprint density at radius 2 is 2.20 bits per heavy atom. The average molecular weight is 166 g/mol. The molecule has 0 aromatic rings. The molecule has 1 N–H and O–H groups in total. The van der Waals surface area contributed by atoms with Crippen molar-refractivity contribution in [1.29, 1.82) is 0 Å². The quantitative estimate of drug-likeness (QED) is 0.585. The van der Waals surface area contributed by atoms with Crippen LogP contribution in [0.2, 0.25) is 5.40 Å². The van der Waals surface area contributed by atoms with Crippen molar-refractivity contribution >= 4 is 4.44 Å². The summed E-state index contributed by atoms with van der Waals surface area (Å²) in [5.74, 6) is 0. The number of rotatable bonds is 1. The molecule has 0 heterocycles. The summed E-state index contributed by atoms with van der Waals surface area (Å²) in [5.41, 5.74) is 0. The fourth-order valence-corrected chi connectivity index (χ4v) is 0. The van der Waals surface area contributed by atoms with E-state index in [-0.39, 0.29) is 18.0 Å². The molecule has 0 atom stereocenters. The summed E-state index contributed by atoms with van der Waals surface area (Å²) >= 11 is -0.122. The Kier molecular flexibility index (Phi) is 2.44. The Balaban J connectivity index is 2.85. The Morgan fingerprint density at radius 1 is 2.00 bits per heavy atom. The van der Waals surface area contributed by atoms with Crippen LogP contribution in [-0.4, -0.2) is 9.55 Å². The average Bonchev–Trinajstić information content (AvgIpc) is 1.38. The van der Waals surface area contributed by atoms with Gasteiger partial charge in [-0.3, -0.25) is 0 Å². The van der Waals surface area contributed by atoms with Gasteiger partial charge in [0.2, 0.25) is 0 Å². The van der Waals surface area contributed by atoms with Gasteiger partial charge in [0.05, 0.1) is 0 Å².